The first kappa shape index (κ1) is 6.68. The minimum absolute atomic E-state index is 0.179. The number of hydrogen-bond acceptors (Lipinski definition) is 2. The van der Waals surface area contributed by atoms with Gasteiger partial charge < -0.3 is 10.1 Å². The molecule has 2 nitrogen and oxygen atoms in total. The van der Waals surface area contributed by atoms with Gasteiger partial charge in [-0.3, -0.25) is 0 Å². The summed E-state index contributed by atoms with van der Waals surface area (Å²) in [6.07, 6.45) is 12.2. The van der Waals surface area contributed by atoms with E-state index in [0.717, 1.165) is 6.54 Å². The molecule has 2 atom stereocenters. The maximum atomic E-state index is 5.43. The van der Waals surface area contributed by atoms with Crippen molar-refractivity contribution in [1.82, 2.24) is 5.32 Å². The van der Waals surface area contributed by atoms with Gasteiger partial charge in [-0.15, -0.1) is 0 Å². The van der Waals surface area contributed by atoms with Crippen LogP contribution in [0.4, 0.5) is 0 Å². The molecule has 0 bridgehead atoms. The van der Waals surface area contributed by atoms with Crippen LogP contribution in [0.25, 0.3) is 0 Å². The largest absolute Gasteiger partial charge is 0.492 e. The van der Waals surface area contributed by atoms with Gasteiger partial charge in [0.2, 0.25) is 0 Å². The first-order valence-electron chi connectivity index (χ1n) is 3.86. The van der Waals surface area contributed by atoms with E-state index in [-0.39, 0.29) is 6.10 Å². The number of ether oxygens (including phenoxy) is 1. The molecule has 0 aromatic carbocycles. The molecule has 2 rings (SSSR count). The molecule has 0 fully saturated rings. The van der Waals surface area contributed by atoms with E-state index in [1.165, 1.54) is 0 Å². The van der Waals surface area contributed by atoms with E-state index in [0.29, 0.717) is 6.04 Å². The van der Waals surface area contributed by atoms with Crippen LogP contribution in [0.3, 0.4) is 0 Å². The van der Waals surface area contributed by atoms with Crippen molar-refractivity contribution >= 4 is 0 Å². The standard InChI is InChI=1S/C9H11NO/c1-2-5-9-8(4-1)10-6-3-7-11-9/h1-5,7-10H,6H2. The first-order chi connectivity index (χ1) is 5.47. The highest BCUT2D eigenvalue weighted by Crippen LogP contribution is 2.10. The summed E-state index contributed by atoms with van der Waals surface area (Å²) < 4.78 is 5.43. The quantitative estimate of drug-likeness (QED) is 0.554. The summed E-state index contributed by atoms with van der Waals surface area (Å²) in [5.41, 5.74) is 0. The van der Waals surface area contributed by atoms with Gasteiger partial charge in [0.1, 0.15) is 6.10 Å². The molecule has 1 heterocycles. The monoisotopic (exact) mass is 149 g/mol. The third-order valence-corrected chi connectivity index (χ3v) is 1.89. The Balaban J connectivity index is 2.13. The molecule has 0 saturated heterocycles. The molecular weight excluding hydrogens is 138 g/mol. The van der Waals surface area contributed by atoms with Crippen LogP contribution < -0.4 is 5.32 Å². The average Bonchev–Trinajstić information content (AvgIpc) is 2.28. The maximum Gasteiger partial charge on any atom is 0.135 e. The van der Waals surface area contributed by atoms with Crippen molar-refractivity contribution in [2.45, 2.75) is 12.1 Å². The van der Waals surface area contributed by atoms with E-state index in [1.54, 1.807) is 6.26 Å². The van der Waals surface area contributed by atoms with Crippen LogP contribution in [0.5, 0.6) is 0 Å². The van der Waals surface area contributed by atoms with Crippen LogP contribution in [0, 0.1) is 0 Å². The molecule has 1 aliphatic heterocycles. The molecule has 1 N–H and O–H groups in total. The smallest absolute Gasteiger partial charge is 0.135 e. The Morgan fingerprint density at radius 2 is 2.18 bits per heavy atom. The van der Waals surface area contributed by atoms with Crippen molar-refractivity contribution in [3.05, 3.63) is 36.6 Å². The zero-order chi connectivity index (χ0) is 7.52. The van der Waals surface area contributed by atoms with E-state index in [1.807, 2.05) is 18.2 Å². The highest BCUT2D eigenvalue weighted by molar-refractivity contribution is 5.19. The number of allylic oxidation sites excluding steroid dienone is 2. The van der Waals surface area contributed by atoms with Gasteiger partial charge in [-0.2, -0.15) is 0 Å². The van der Waals surface area contributed by atoms with Crippen molar-refractivity contribution in [1.29, 1.82) is 0 Å². The third kappa shape index (κ3) is 1.35. The zero-order valence-corrected chi connectivity index (χ0v) is 6.23. The van der Waals surface area contributed by atoms with Crippen LogP contribution in [-0.2, 0) is 4.74 Å². The Morgan fingerprint density at radius 1 is 1.27 bits per heavy atom. The van der Waals surface area contributed by atoms with E-state index in [2.05, 4.69) is 17.5 Å². The summed E-state index contributed by atoms with van der Waals surface area (Å²) in [7, 11) is 0. The van der Waals surface area contributed by atoms with Gasteiger partial charge in [-0.1, -0.05) is 18.2 Å². The molecule has 0 spiro atoms. The minimum atomic E-state index is 0.179. The second-order valence-corrected chi connectivity index (χ2v) is 2.68. The van der Waals surface area contributed by atoms with Crippen molar-refractivity contribution in [3.63, 3.8) is 0 Å². The van der Waals surface area contributed by atoms with E-state index >= 15 is 0 Å². The fraction of sp³-hybridized carbons (Fsp3) is 0.333. The lowest BCUT2D eigenvalue weighted by molar-refractivity contribution is 0.168. The van der Waals surface area contributed by atoms with Gasteiger partial charge in [0.25, 0.3) is 0 Å². The summed E-state index contributed by atoms with van der Waals surface area (Å²) in [5, 5.41) is 3.33. The number of nitrogens with one attached hydrogen (secondary N) is 1. The second kappa shape index (κ2) is 2.93. The normalized spacial score (nSPS) is 34.2. The molecule has 0 amide bonds. The Hall–Kier alpha value is -1.02. The summed E-state index contributed by atoms with van der Waals surface area (Å²) in [5.74, 6) is 0. The van der Waals surface area contributed by atoms with Gasteiger partial charge in [0.05, 0.1) is 12.3 Å². The van der Waals surface area contributed by atoms with Gasteiger partial charge in [0, 0.05) is 6.54 Å². The van der Waals surface area contributed by atoms with Crippen molar-refractivity contribution in [2.24, 2.45) is 0 Å². The highest BCUT2D eigenvalue weighted by atomic mass is 16.5. The molecule has 58 valence electrons. The van der Waals surface area contributed by atoms with Gasteiger partial charge in [-0.25, -0.2) is 0 Å². The van der Waals surface area contributed by atoms with Crippen LogP contribution in [0.1, 0.15) is 0 Å². The fourth-order valence-corrected chi connectivity index (χ4v) is 1.30. The molecule has 0 radical (unpaired) electrons. The maximum absolute atomic E-state index is 5.43. The lowest BCUT2D eigenvalue weighted by Gasteiger charge is -2.21. The van der Waals surface area contributed by atoms with E-state index in [4.69, 9.17) is 4.74 Å². The topological polar surface area (TPSA) is 21.3 Å². The number of rotatable bonds is 0. The lowest BCUT2D eigenvalue weighted by atomic mass is 10.1. The summed E-state index contributed by atoms with van der Waals surface area (Å²) >= 11 is 0. The van der Waals surface area contributed by atoms with E-state index in [9.17, 15) is 0 Å². The predicted molar refractivity (Wildman–Crippen MR) is 44.1 cm³/mol. The van der Waals surface area contributed by atoms with Crippen LogP contribution in [0.2, 0.25) is 0 Å². The minimum Gasteiger partial charge on any atom is -0.492 e. The Morgan fingerprint density at radius 3 is 3.18 bits per heavy atom. The van der Waals surface area contributed by atoms with Crippen LogP contribution in [-0.4, -0.2) is 18.7 Å². The Labute approximate surface area is 66.2 Å². The van der Waals surface area contributed by atoms with E-state index < -0.39 is 0 Å². The van der Waals surface area contributed by atoms with Crippen molar-refractivity contribution in [3.8, 4) is 0 Å². The van der Waals surface area contributed by atoms with Gasteiger partial charge in [0.15, 0.2) is 0 Å². The Bertz CT molecular complexity index is 218. The first-order valence-corrected chi connectivity index (χ1v) is 3.86. The second-order valence-electron chi connectivity index (χ2n) is 2.68. The predicted octanol–water partition coefficient (Wildman–Crippen LogP) is 0.983. The molecule has 0 aromatic rings. The SMILES string of the molecule is C1=CC2NCC=COC2C=C1. The fourth-order valence-electron chi connectivity index (χ4n) is 1.30. The molecule has 2 aliphatic rings. The summed E-state index contributed by atoms with van der Waals surface area (Å²) in [6.45, 7) is 0.888. The molecule has 1 aliphatic carbocycles. The van der Waals surface area contributed by atoms with Gasteiger partial charge in [-0.05, 0) is 12.2 Å². The average molecular weight is 149 g/mol. The lowest BCUT2D eigenvalue weighted by Crippen LogP contribution is -2.37. The Kier molecular flexibility index (Phi) is 1.78. The molecule has 2 heteroatoms. The third-order valence-electron chi connectivity index (χ3n) is 1.89. The zero-order valence-electron chi connectivity index (χ0n) is 6.23. The number of hydrogen-bond donors (Lipinski definition) is 1. The molecule has 2 unspecified atom stereocenters. The molecule has 0 aromatic heterocycles. The van der Waals surface area contributed by atoms with Crippen molar-refractivity contribution in [2.75, 3.05) is 6.54 Å². The van der Waals surface area contributed by atoms with Crippen molar-refractivity contribution < 1.29 is 4.74 Å². The van der Waals surface area contributed by atoms with Crippen LogP contribution in [0.15, 0.2) is 36.6 Å². The van der Waals surface area contributed by atoms with Crippen LogP contribution >= 0.6 is 0 Å². The summed E-state index contributed by atoms with van der Waals surface area (Å²) in [4.78, 5) is 0. The molecule has 11 heavy (non-hydrogen) atoms. The molecule has 0 saturated carbocycles. The molecular formula is C9H11NO. The number of fused-ring (bicyclic) bond motifs is 1. The summed E-state index contributed by atoms with van der Waals surface area (Å²) in [6, 6.07) is 0.343. The van der Waals surface area contributed by atoms with Gasteiger partial charge >= 0.3 is 0 Å². The highest BCUT2D eigenvalue weighted by Gasteiger charge is 2.18.